The highest BCUT2D eigenvalue weighted by Gasteiger charge is 2.33. The second kappa shape index (κ2) is 6.84. The number of carbonyl (C=O) groups excluding carboxylic acids is 1. The molecule has 2 aromatic carbocycles. The third-order valence-corrected chi connectivity index (χ3v) is 4.48. The first-order valence-corrected chi connectivity index (χ1v) is 7.89. The van der Waals surface area contributed by atoms with Gasteiger partial charge in [0.15, 0.2) is 0 Å². The van der Waals surface area contributed by atoms with Gasteiger partial charge in [0, 0.05) is 30.6 Å². The zero-order valence-corrected chi connectivity index (χ0v) is 13.3. The van der Waals surface area contributed by atoms with Gasteiger partial charge in [-0.05, 0) is 11.6 Å². The summed E-state index contributed by atoms with van der Waals surface area (Å²) in [7, 11) is 1.63. The van der Waals surface area contributed by atoms with Crippen LogP contribution in [0.1, 0.15) is 17.0 Å². The van der Waals surface area contributed by atoms with E-state index in [1.165, 1.54) is 5.56 Å². The van der Waals surface area contributed by atoms with E-state index in [0.29, 0.717) is 19.5 Å². The van der Waals surface area contributed by atoms with E-state index in [2.05, 4.69) is 12.1 Å². The number of hydrogen-bond donors (Lipinski definition) is 1. The van der Waals surface area contributed by atoms with Gasteiger partial charge in [-0.3, -0.25) is 4.79 Å². The number of para-hydroxylation sites is 1. The summed E-state index contributed by atoms with van der Waals surface area (Å²) < 4.78 is 5.32. The Hall–Kier alpha value is -2.33. The van der Waals surface area contributed by atoms with Crippen LogP contribution in [0.5, 0.6) is 5.75 Å². The summed E-state index contributed by atoms with van der Waals surface area (Å²) in [6.45, 7) is 1.28. The van der Waals surface area contributed by atoms with Gasteiger partial charge in [-0.2, -0.15) is 0 Å². The van der Waals surface area contributed by atoms with Gasteiger partial charge in [0.05, 0.1) is 13.5 Å². The number of nitrogens with zero attached hydrogens (tertiary/aromatic N) is 1. The third kappa shape index (κ3) is 3.37. The van der Waals surface area contributed by atoms with Gasteiger partial charge in [0.25, 0.3) is 0 Å². The predicted molar refractivity (Wildman–Crippen MR) is 90.4 cm³/mol. The summed E-state index contributed by atoms with van der Waals surface area (Å²) in [5.74, 6) is 1.06. The molecule has 0 aromatic heterocycles. The Morgan fingerprint density at radius 3 is 2.57 bits per heavy atom. The molecule has 0 bridgehead atoms. The number of benzene rings is 2. The maximum absolute atomic E-state index is 12.6. The monoisotopic (exact) mass is 310 g/mol. The van der Waals surface area contributed by atoms with Crippen LogP contribution in [0.25, 0.3) is 0 Å². The number of nitrogens with two attached hydrogens (primary N) is 1. The predicted octanol–water partition coefficient (Wildman–Crippen LogP) is 2.19. The van der Waals surface area contributed by atoms with E-state index in [0.717, 1.165) is 11.3 Å². The summed E-state index contributed by atoms with van der Waals surface area (Å²) in [6, 6.07) is 17.8. The summed E-state index contributed by atoms with van der Waals surface area (Å²) in [5.41, 5.74) is 8.39. The fourth-order valence-corrected chi connectivity index (χ4v) is 3.21. The lowest BCUT2D eigenvalue weighted by Gasteiger charge is -2.17. The van der Waals surface area contributed by atoms with E-state index in [4.69, 9.17) is 10.5 Å². The molecule has 1 amide bonds. The number of amides is 1. The molecule has 120 valence electrons. The number of hydrogen-bond acceptors (Lipinski definition) is 3. The minimum absolute atomic E-state index is 0.0148. The zero-order valence-electron chi connectivity index (χ0n) is 13.3. The Balaban J connectivity index is 1.69. The van der Waals surface area contributed by atoms with Gasteiger partial charge >= 0.3 is 0 Å². The minimum atomic E-state index is -0.0148. The Kier molecular flexibility index (Phi) is 4.63. The SMILES string of the molecule is COc1ccccc1CC(=O)N1C[C@@H](N)[C@H](c2ccccc2)C1. The average molecular weight is 310 g/mol. The fraction of sp³-hybridized carbons (Fsp3) is 0.316. The summed E-state index contributed by atoms with van der Waals surface area (Å²) >= 11 is 0. The Labute approximate surface area is 136 Å². The first-order chi connectivity index (χ1) is 11.2. The van der Waals surface area contributed by atoms with Crippen molar-refractivity contribution < 1.29 is 9.53 Å². The quantitative estimate of drug-likeness (QED) is 0.942. The van der Waals surface area contributed by atoms with Crippen LogP contribution in [-0.2, 0) is 11.2 Å². The third-order valence-electron chi connectivity index (χ3n) is 4.48. The molecule has 3 rings (SSSR count). The van der Waals surface area contributed by atoms with Crippen molar-refractivity contribution in [2.24, 2.45) is 5.73 Å². The molecular formula is C19H22N2O2. The van der Waals surface area contributed by atoms with Crippen LogP contribution >= 0.6 is 0 Å². The molecule has 0 saturated carbocycles. The lowest BCUT2D eigenvalue weighted by molar-refractivity contribution is -0.129. The molecule has 1 heterocycles. The number of methoxy groups -OCH3 is 1. The number of ether oxygens (including phenoxy) is 1. The summed E-state index contributed by atoms with van der Waals surface area (Å²) in [5, 5.41) is 0. The maximum atomic E-state index is 12.6. The van der Waals surface area contributed by atoms with Crippen molar-refractivity contribution in [1.29, 1.82) is 0 Å². The van der Waals surface area contributed by atoms with E-state index in [-0.39, 0.29) is 17.9 Å². The van der Waals surface area contributed by atoms with Crippen LogP contribution in [0.4, 0.5) is 0 Å². The molecule has 1 aliphatic heterocycles. The lowest BCUT2D eigenvalue weighted by Crippen LogP contribution is -2.33. The molecule has 1 saturated heterocycles. The standard InChI is InChI=1S/C19H22N2O2/c1-23-18-10-6-5-9-15(18)11-19(22)21-12-16(17(20)13-21)14-7-3-2-4-8-14/h2-10,16-17H,11-13,20H2,1H3/t16-,17+/m0/s1. The van der Waals surface area contributed by atoms with Crippen molar-refractivity contribution in [3.05, 3.63) is 65.7 Å². The molecule has 2 aromatic rings. The van der Waals surface area contributed by atoms with Crippen LogP contribution in [-0.4, -0.2) is 37.0 Å². The van der Waals surface area contributed by atoms with E-state index >= 15 is 0 Å². The van der Waals surface area contributed by atoms with E-state index < -0.39 is 0 Å². The fourth-order valence-electron chi connectivity index (χ4n) is 3.21. The highest BCUT2D eigenvalue weighted by molar-refractivity contribution is 5.80. The van der Waals surface area contributed by atoms with Crippen LogP contribution in [0.2, 0.25) is 0 Å². The number of carbonyl (C=O) groups is 1. The molecule has 1 aliphatic rings. The topological polar surface area (TPSA) is 55.6 Å². The first-order valence-electron chi connectivity index (χ1n) is 7.89. The molecule has 23 heavy (non-hydrogen) atoms. The molecule has 4 nitrogen and oxygen atoms in total. The van der Waals surface area contributed by atoms with Crippen LogP contribution in [0.3, 0.4) is 0 Å². The zero-order chi connectivity index (χ0) is 16.2. The second-order valence-corrected chi connectivity index (χ2v) is 5.97. The van der Waals surface area contributed by atoms with Gasteiger partial charge in [0.1, 0.15) is 5.75 Å². The van der Waals surface area contributed by atoms with Crippen LogP contribution in [0.15, 0.2) is 54.6 Å². The number of likely N-dealkylation sites (tertiary alicyclic amines) is 1. The van der Waals surface area contributed by atoms with Crippen LogP contribution < -0.4 is 10.5 Å². The first kappa shape index (κ1) is 15.6. The van der Waals surface area contributed by atoms with Crippen molar-refractivity contribution in [3.8, 4) is 5.75 Å². The molecule has 0 aliphatic carbocycles. The molecule has 1 fully saturated rings. The highest BCUT2D eigenvalue weighted by Crippen LogP contribution is 2.27. The molecule has 2 N–H and O–H groups in total. The van der Waals surface area contributed by atoms with Crippen molar-refractivity contribution in [3.63, 3.8) is 0 Å². The molecular weight excluding hydrogens is 288 g/mol. The van der Waals surface area contributed by atoms with Gasteiger partial charge in [-0.1, -0.05) is 48.5 Å². The maximum Gasteiger partial charge on any atom is 0.227 e. The molecule has 0 spiro atoms. The molecule has 0 unspecified atom stereocenters. The van der Waals surface area contributed by atoms with Gasteiger partial charge in [-0.15, -0.1) is 0 Å². The summed E-state index contributed by atoms with van der Waals surface area (Å²) in [6.07, 6.45) is 0.345. The normalized spacial score (nSPS) is 20.5. The smallest absolute Gasteiger partial charge is 0.227 e. The second-order valence-electron chi connectivity index (χ2n) is 5.97. The van der Waals surface area contributed by atoms with Crippen molar-refractivity contribution >= 4 is 5.91 Å². The Morgan fingerprint density at radius 2 is 1.83 bits per heavy atom. The molecule has 2 atom stereocenters. The molecule has 0 radical (unpaired) electrons. The minimum Gasteiger partial charge on any atom is -0.496 e. The van der Waals surface area contributed by atoms with Gasteiger partial charge < -0.3 is 15.4 Å². The van der Waals surface area contributed by atoms with E-state index in [1.807, 2.05) is 47.4 Å². The lowest BCUT2D eigenvalue weighted by atomic mass is 9.95. The van der Waals surface area contributed by atoms with Crippen molar-refractivity contribution in [2.75, 3.05) is 20.2 Å². The Morgan fingerprint density at radius 1 is 1.13 bits per heavy atom. The van der Waals surface area contributed by atoms with Gasteiger partial charge in [-0.25, -0.2) is 0 Å². The molecule has 4 heteroatoms. The van der Waals surface area contributed by atoms with Crippen molar-refractivity contribution in [1.82, 2.24) is 4.90 Å². The average Bonchev–Trinajstić information content (AvgIpc) is 2.98. The van der Waals surface area contributed by atoms with E-state index in [9.17, 15) is 4.79 Å². The van der Waals surface area contributed by atoms with Gasteiger partial charge in [0.2, 0.25) is 5.91 Å². The van der Waals surface area contributed by atoms with E-state index in [1.54, 1.807) is 7.11 Å². The Bertz CT molecular complexity index is 672. The number of rotatable bonds is 4. The largest absolute Gasteiger partial charge is 0.496 e. The summed E-state index contributed by atoms with van der Waals surface area (Å²) in [4.78, 5) is 14.5. The highest BCUT2D eigenvalue weighted by atomic mass is 16.5. The van der Waals surface area contributed by atoms with Crippen LogP contribution in [0, 0.1) is 0 Å². The van der Waals surface area contributed by atoms with Crippen molar-refractivity contribution in [2.45, 2.75) is 18.4 Å².